The molecular formula is C27H23N5O2. The molecule has 0 spiro atoms. The summed E-state index contributed by atoms with van der Waals surface area (Å²) in [5, 5.41) is 18.7. The third-order valence-electron chi connectivity index (χ3n) is 6.57. The number of benzene rings is 1. The molecule has 1 aliphatic rings. The van der Waals surface area contributed by atoms with Crippen LogP contribution in [0.2, 0.25) is 0 Å². The van der Waals surface area contributed by atoms with E-state index in [0.717, 1.165) is 35.2 Å². The lowest BCUT2D eigenvalue weighted by Crippen LogP contribution is -2.29. The van der Waals surface area contributed by atoms with E-state index in [1.807, 2.05) is 25.1 Å². The van der Waals surface area contributed by atoms with Gasteiger partial charge >= 0.3 is 0 Å². The van der Waals surface area contributed by atoms with E-state index in [1.165, 1.54) is 24.9 Å². The molecule has 1 aliphatic heterocycles. The number of aromatic amines is 1. The molecule has 5 heterocycles. The van der Waals surface area contributed by atoms with Crippen molar-refractivity contribution in [2.75, 3.05) is 18.0 Å². The molecule has 34 heavy (non-hydrogen) atoms. The van der Waals surface area contributed by atoms with E-state index in [9.17, 15) is 5.26 Å². The topological polar surface area (TPSA) is 94.9 Å². The van der Waals surface area contributed by atoms with Crippen molar-refractivity contribution in [1.82, 2.24) is 15.2 Å². The van der Waals surface area contributed by atoms with Gasteiger partial charge in [-0.1, -0.05) is 12.1 Å². The minimum absolute atomic E-state index is 0.483. The van der Waals surface area contributed by atoms with Gasteiger partial charge in [0.25, 0.3) is 0 Å². The molecule has 4 aromatic heterocycles. The maximum Gasteiger partial charge on any atom is 0.182 e. The highest BCUT2D eigenvalue weighted by molar-refractivity contribution is 6.06. The van der Waals surface area contributed by atoms with Crippen LogP contribution in [0, 0.1) is 18.3 Å². The highest BCUT2D eigenvalue weighted by Gasteiger charge is 2.25. The van der Waals surface area contributed by atoms with Crippen molar-refractivity contribution in [1.29, 1.82) is 5.26 Å². The Bertz CT molecular complexity index is 1500. The molecule has 5 aromatic rings. The molecule has 1 fully saturated rings. The quantitative estimate of drug-likeness (QED) is 0.345. The van der Waals surface area contributed by atoms with Crippen LogP contribution in [0.3, 0.4) is 0 Å². The predicted octanol–water partition coefficient (Wildman–Crippen LogP) is 6.32. The highest BCUT2D eigenvalue weighted by Crippen LogP contribution is 2.41. The Kier molecular flexibility index (Phi) is 4.92. The number of anilines is 1. The fourth-order valence-corrected chi connectivity index (χ4v) is 4.87. The van der Waals surface area contributed by atoms with E-state index in [2.05, 4.69) is 45.4 Å². The van der Waals surface area contributed by atoms with Gasteiger partial charge < -0.3 is 13.7 Å². The Morgan fingerprint density at radius 2 is 1.82 bits per heavy atom. The molecule has 168 valence electrons. The molecule has 0 bridgehead atoms. The van der Waals surface area contributed by atoms with Crippen molar-refractivity contribution < 1.29 is 8.83 Å². The average molecular weight is 450 g/mol. The van der Waals surface area contributed by atoms with Crippen molar-refractivity contribution in [3.05, 3.63) is 66.3 Å². The zero-order valence-corrected chi connectivity index (χ0v) is 18.8. The molecule has 0 aliphatic carbocycles. The summed E-state index contributed by atoms with van der Waals surface area (Å²) in [7, 11) is 0. The monoisotopic (exact) mass is 449 g/mol. The molecule has 0 saturated carbocycles. The van der Waals surface area contributed by atoms with Crippen LogP contribution in [0.1, 0.15) is 30.6 Å². The SMILES string of the molecule is Cc1occc1-c1nc2n[nH]c(-c3ccco3)c2c(-c2ccc(N3CCCCC3)cc2)c1C#N. The van der Waals surface area contributed by atoms with Crippen molar-refractivity contribution in [2.45, 2.75) is 26.2 Å². The number of hydrogen-bond donors (Lipinski definition) is 1. The van der Waals surface area contributed by atoms with Gasteiger partial charge in [-0.25, -0.2) is 4.98 Å². The van der Waals surface area contributed by atoms with E-state index in [-0.39, 0.29) is 0 Å². The van der Waals surface area contributed by atoms with Crippen molar-refractivity contribution in [3.8, 4) is 39.9 Å². The van der Waals surface area contributed by atoms with E-state index in [4.69, 9.17) is 13.8 Å². The Morgan fingerprint density at radius 3 is 2.50 bits per heavy atom. The standard InChI is InChI=1S/C27H23N5O2/c1-17-20(11-15-33-17)25-21(16-28)23(18-7-9-19(10-8-18)32-12-3-2-4-13-32)24-26(22-6-5-14-34-22)30-31-27(24)29-25/h5-11,14-15H,2-4,12-13H2,1H3,(H,29,30,31). The van der Waals surface area contributed by atoms with Gasteiger partial charge in [-0.15, -0.1) is 0 Å². The largest absolute Gasteiger partial charge is 0.469 e. The summed E-state index contributed by atoms with van der Waals surface area (Å²) in [6.07, 6.45) is 6.97. The number of fused-ring (bicyclic) bond motifs is 1. The summed E-state index contributed by atoms with van der Waals surface area (Å²) in [5.74, 6) is 1.35. The van der Waals surface area contributed by atoms with Gasteiger partial charge in [-0.05, 0) is 62.1 Å². The Labute approximate surface area is 196 Å². The zero-order chi connectivity index (χ0) is 23.1. The maximum atomic E-state index is 10.3. The minimum Gasteiger partial charge on any atom is -0.469 e. The number of aromatic nitrogens is 3. The van der Waals surface area contributed by atoms with Gasteiger partial charge in [0, 0.05) is 29.9 Å². The maximum absolute atomic E-state index is 10.3. The van der Waals surface area contributed by atoms with Crippen molar-refractivity contribution in [2.24, 2.45) is 0 Å². The number of rotatable bonds is 4. The van der Waals surface area contributed by atoms with Crippen LogP contribution in [-0.4, -0.2) is 28.3 Å². The number of aryl methyl sites for hydroxylation is 1. The Morgan fingerprint density at radius 1 is 1.00 bits per heavy atom. The van der Waals surface area contributed by atoms with Crippen LogP contribution in [0.5, 0.6) is 0 Å². The third kappa shape index (κ3) is 3.27. The number of hydrogen-bond acceptors (Lipinski definition) is 6. The van der Waals surface area contributed by atoms with Gasteiger partial charge in [-0.2, -0.15) is 10.4 Å². The van der Waals surface area contributed by atoms with Gasteiger partial charge in [0.1, 0.15) is 17.5 Å². The summed E-state index contributed by atoms with van der Waals surface area (Å²) in [5.41, 5.74) is 5.98. The minimum atomic E-state index is 0.483. The lowest BCUT2D eigenvalue weighted by molar-refractivity contribution is 0.535. The second-order valence-corrected chi connectivity index (χ2v) is 8.58. The summed E-state index contributed by atoms with van der Waals surface area (Å²) in [4.78, 5) is 7.21. The molecule has 1 N–H and O–H groups in total. The smallest absolute Gasteiger partial charge is 0.182 e. The zero-order valence-electron chi connectivity index (χ0n) is 18.8. The van der Waals surface area contributed by atoms with Crippen LogP contribution in [0.15, 0.2) is 63.8 Å². The second-order valence-electron chi connectivity index (χ2n) is 8.58. The van der Waals surface area contributed by atoms with Crippen LogP contribution in [-0.2, 0) is 0 Å². The molecule has 7 heteroatoms. The first kappa shape index (κ1) is 20.3. The number of nitrogens with zero attached hydrogens (tertiary/aromatic N) is 4. The number of furan rings is 2. The summed E-state index contributed by atoms with van der Waals surface area (Å²) in [6.45, 7) is 4.03. The molecule has 0 atom stereocenters. The highest BCUT2D eigenvalue weighted by atomic mass is 16.3. The second kappa shape index (κ2) is 8.23. The van der Waals surface area contributed by atoms with E-state index < -0.39 is 0 Å². The predicted molar refractivity (Wildman–Crippen MR) is 130 cm³/mol. The Balaban J connectivity index is 1.60. The van der Waals surface area contributed by atoms with E-state index in [0.29, 0.717) is 34.1 Å². The van der Waals surface area contributed by atoms with E-state index in [1.54, 1.807) is 12.5 Å². The number of nitriles is 1. The van der Waals surface area contributed by atoms with Gasteiger partial charge in [0.2, 0.25) is 0 Å². The first-order chi connectivity index (χ1) is 16.7. The molecular weight excluding hydrogens is 426 g/mol. The molecule has 0 unspecified atom stereocenters. The molecule has 0 amide bonds. The van der Waals surface area contributed by atoms with Crippen molar-refractivity contribution >= 4 is 16.7 Å². The molecule has 1 saturated heterocycles. The third-order valence-corrected chi connectivity index (χ3v) is 6.57. The number of nitrogens with one attached hydrogen (secondary N) is 1. The van der Waals surface area contributed by atoms with Gasteiger partial charge in [0.15, 0.2) is 11.4 Å². The fourth-order valence-electron chi connectivity index (χ4n) is 4.87. The van der Waals surface area contributed by atoms with E-state index >= 15 is 0 Å². The number of piperidine rings is 1. The van der Waals surface area contributed by atoms with Crippen LogP contribution < -0.4 is 4.90 Å². The lowest BCUT2D eigenvalue weighted by Gasteiger charge is -2.29. The lowest BCUT2D eigenvalue weighted by atomic mass is 9.92. The molecule has 7 nitrogen and oxygen atoms in total. The average Bonchev–Trinajstić information content (AvgIpc) is 3.64. The molecule has 6 rings (SSSR count). The Hall–Kier alpha value is -4.31. The van der Waals surface area contributed by atoms with Crippen LogP contribution >= 0.6 is 0 Å². The first-order valence-electron chi connectivity index (χ1n) is 11.5. The summed E-state index contributed by atoms with van der Waals surface area (Å²) in [6, 6.07) is 16.4. The summed E-state index contributed by atoms with van der Waals surface area (Å²) >= 11 is 0. The number of pyridine rings is 1. The van der Waals surface area contributed by atoms with Crippen molar-refractivity contribution in [3.63, 3.8) is 0 Å². The normalized spacial score (nSPS) is 13.9. The van der Waals surface area contributed by atoms with Gasteiger partial charge in [0.05, 0.1) is 29.2 Å². The van der Waals surface area contributed by atoms with Gasteiger partial charge in [-0.3, -0.25) is 5.10 Å². The molecule has 1 aromatic carbocycles. The number of H-pyrrole nitrogens is 1. The van der Waals surface area contributed by atoms with Crippen LogP contribution in [0.4, 0.5) is 5.69 Å². The first-order valence-corrected chi connectivity index (χ1v) is 11.5. The molecule has 0 radical (unpaired) electrons. The summed E-state index contributed by atoms with van der Waals surface area (Å²) < 4.78 is 11.2. The van der Waals surface area contributed by atoms with Crippen LogP contribution in [0.25, 0.3) is 44.9 Å². The fraction of sp³-hybridized carbons (Fsp3) is 0.222.